The molecule has 0 bridgehead atoms. The summed E-state index contributed by atoms with van der Waals surface area (Å²) < 4.78 is 0. The van der Waals surface area contributed by atoms with E-state index in [9.17, 15) is 0 Å². The van der Waals surface area contributed by atoms with Crippen LogP contribution < -0.4 is 16.2 Å². The molecule has 0 radical (unpaired) electrons. The lowest BCUT2D eigenvalue weighted by molar-refractivity contribution is 0.184. The van der Waals surface area contributed by atoms with Crippen LogP contribution in [0.5, 0.6) is 0 Å². The van der Waals surface area contributed by atoms with Crippen LogP contribution in [0.2, 0.25) is 0 Å². The van der Waals surface area contributed by atoms with E-state index in [0.717, 1.165) is 19.6 Å². The predicted molar refractivity (Wildman–Crippen MR) is 93.9 cm³/mol. The zero-order valence-electron chi connectivity index (χ0n) is 14.5. The second-order valence-electron chi connectivity index (χ2n) is 7.26. The number of hydrogen-bond donors (Lipinski definition) is 3. The first-order valence-corrected chi connectivity index (χ1v) is 9.09. The summed E-state index contributed by atoms with van der Waals surface area (Å²) in [7, 11) is 0. The predicted octanol–water partition coefficient (Wildman–Crippen LogP) is 1.56. The third-order valence-corrected chi connectivity index (χ3v) is 5.28. The van der Waals surface area contributed by atoms with Crippen LogP contribution in [0.4, 0.5) is 0 Å². The Morgan fingerprint density at radius 1 is 1.35 bits per heavy atom. The van der Waals surface area contributed by atoms with Gasteiger partial charge in [-0.2, -0.15) is 0 Å². The second kappa shape index (κ2) is 8.20. The molecular formula is C18H31N5. The van der Waals surface area contributed by atoms with Crippen LogP contribution in [0.25, 0.3) is 0 Å². The van der Waals surface area contributed by atoms with Crippen LogP contribution in [0.1, 0.15) is 38.3 Å². The molecule has 128 valence electrons. The lowest BCUT2D eigenvalue weighted by atomic mass is 9.95. The van der Waals surface area contributed by atoms with Gasteiger partial charge in [-0.25, -0.2) is 5.43 Å². The van der Waals surface area contributed by atoms with Crippen LogP contribution in [0.3, 0.4) is 0 Å². The van der Waals surface area contributed by atoms with E-state index in [4.69, 9.17) is 0 Å². The highest BCUT2D eigenvalue weighted by atomic mass is 15.4. The van der Waals surface area contributed by atoms with Crippen molar-refractivity contribution in [2.75, 3.05) is 32.7 Å². The largest absolute Gasteiger partial charge is 0.315 e. The molecule has 0 aromatic carbocycles. The van der Waals surface area contributed by atoms with Crippen LogP contribution in [0, 0.1) is 11.8 Å². The van der Waals surface area contributed by atoms with Crippen LogP contribution in [-0.4, -0.2) is 48.6 Å². The zero-order valence-corrected chi connectivity index (χ0v) is 14.5. The summed E-state index contributed by atoms with van der Waals surface area (Å²) in [4.78, 5) is 6.92. The van der Waals surface area contributed by atoms with Crippen molar-refractivity contribution in [3.63, 3.8) is 0 Å². The third kappa shape index (κ3) is 4.29. The summed E-state index contributed by atoms with van der Waals surface area (Å²) in [5, 5.41) is 3.74. The minimum absolute atomic E-state index is 0.348. The van der Waals surface area contributed by atoms with Gasteiger partial charge in [0.1, 0.15) is 0 Å². The fraction of sp³-hybridized carbons (Fsp3) is 0.722. The Labute approximate surface area is 140 Å². The molecule has 2 aliphatic heterocycles. The highest BCUT2D eigenvalue weighted by Crippen LogP contribution is 2.23. The fourth-order valence-electron chi connectivity index (χ4n) is 3.92. The van der Waals surface area contributed by atoms with Crippen molar-refractivity contribution in [3.8, 4) is 0 Å². The molecule has 5 heteroatoms. The maximum absolute atomic E-state index is 4.25. The molecule has 0 amide bonds. The standard InChI is InChI=1S/C18H31N5/c1-14(2)17(23-8-3-4-9-23)13-20-11-16-12-21-22-18(16)15-6-5-7-19-10-15/h5-7,10,14,16-18,20-22H,3-4,8-9,11-13H2,1-2H3. The summed E-state index contributed by atoms with van der Waals surface area (Å²) in [6.45, 7) is 10.4. The molecule has 0 spiro atoms. The first-order valence-electron chi connectivity index (χ1n) is 9.09. The number of rotatable bonds is 7. The average Bonchev–Trinajstić information content (AvgIpc) is 3.23. The summed E-state index contributed by atoms with van der Waals surface area (Å²) in [6.07, 6.45) is 6.53. The van der Waals surface area contributed by atoms with Crippen molar-refractivity contribution in [3.05, 3.63) is 30.1 Å². The molecule has 5 nitrogen and oxygen atoms in total. The normalized spacial score (nSPS) is 26.9. The Morgan fingerprint density at radius 2 is 2.17 bits per heavy atom. The molecule has 3 unspecified atom stereocenters. The van der Waals surface area contributed by atoms with E-state index in [-0.39, 0.29) is 0 Å². The summed E-state index contributed by atoms with van der Waals surface area (Å²) in [5.74, 6) is 1.26. The minimum atomic E-state index is 0.348. The van der Waals surface area contributed by atoms with Gasteiger partial charge in [-0.15, -0.1) is 0 Å². The van der Waals surface area contributed by atoms with E-state index in [1.807, 2.05) is 18.5 Å². The van der Waals surface area contributed by atoms with Crippen molar-refractivity contribution < 1.29 is 0 Å². The van der Waals surface area contributed by atoms with Gasteiger partial charge in [0, 0.05) is 44.0 Å². The van der Waals surface area contributed by atoms with E-state index < -0.39 is 0 Å². The Hall–Kier alpha value is -1.01. The Kier molecular flexibility index (Phi) is 6.00. The van der Waals surface area contributed by atoms with Gasteiger partial charge in [-0.1, -0.05) is 19.9 Å². The van der Waals surface area contributed by atoms with Crippen molar-refractivity contribution in [1.29, 1.82) is 0 Å². The minimum Gasteiger partial charge on any atom is -0.315 e. The Morgan fingerprint density at radius 3 is 2.87 bits per heavy atom. The fourth-order valence-corrected chi connectivity index (χ4v) is 3.92. The van der Waals surface area contributed by atoms with Crippen LogP contribution >= 0.6 is 0 Å². The smallest absolute Gasteiger partial charge is 0.0530 e. The molecule has 3 N–H and O–H groups in total. The van der Waals surface area contributed by atoms with E-state index in [2.05, 4.69) is 46.0 Å². The average molecular weight is 317 g/mol. The first-order chi connectivity index (χ1) is 11.3. The lowest BCUT2D eigenvalue weighted by Crippen LogP contribution is -2.45. The number of likely N-dealkylation sites (tertiary alicyclic amines) is 1. The Bertz CT molecular complexity index is 458. The highest BCUT2D eigenvalue weighted by molar-refractivity contribution is 5.16. The number of hydrazine groups is 1. The van der Waals surface area contributed by atoms with Crippen molar-refractivity contribution >= 4 is 0 Å². The van der Waals surface area contributed by atoms with E-state index in [1.54, 1.807) is 0 Å². The molecule has 1 aromatic heterocycles. The molecule has 3 heterocycles. The van der Waals surface area contributed by atoms with Crippen molar-refractivity contribution in [2.24, 2.45) is 11.8 Å². The molecule has 1 aromatic rings. The van der Waals surface area contributed by atoms with Crippen molar-refractivity contribution in [1.82, 2.24) is 26.1 Å². The molecule has 3 rings (SSSR count). The number of nitrogens with one attached hydrogen (secondary N) is 3. The summed E-state index contributed by atoms with van der Waals surface area (Å²) in [6, 6.07) is 5.19. The molecule has 2 fully saturated rings. The highest BCUT2D eigenvalue weighted by Gasteiger charge is 2.29. The van der Waals surface area contributed by atoms with Gasteiger partial charge in [-0.05, 0) is 43.5 Å². The topological polar surface area (TPSA) is 52.2 Å². The summed E-state index contributed by atoms with van der Waals surface area (Å²) in [5.41, 5.74) is 7.98. The molecule has 2 aliphatic rings. The van der Waals surface area contributed by atoms with Gasteiger partial charge in [0.05, 0.1) is 6.04 Å². The van der Waals surface area contributed by atoms with Crippen molar-refractivity contribution in [2.45, 2.75) is 38.8 Å². The van der Waals surface area contributed by atoms with E-state index in [1.165, 1.54) is 31.5 Å². The van der Waals surface area contributed by atoms with Crippen LogP contribution in [-0.2, 0) is 0 Å². The van der Waals surface area contributed by atoms with Crippen LogP contribution in [0.15, 0.2) is 24.5 Å². The van der Waals surface area contributed by atoms with E-state index in [0.29, 0.717) is 23.9 Å². The SMILES string of the molecule is CC(C)C(CNCC1CNNC1c1cccnc1)N1CCCC1. The molecule has 0 saturated carbocycles. The molecule has 2 saturated heterocycles. The Balaban J connectivity index is 1.50. The molecule has 23 heavy (non-hydrogen) atoms. The first kappa shape index (κ1) is 16.8. The monoisotopic (exact) mass is 317 g/mol. The second-order valence-corrected chi connectivity index (χ2v) is 7.26. The molecule has 3 atom stereocenters. The summed E-state index contributed by atoms with van der Waals surface area (Å²) >= 11 is 0. The number of pyridine rings is 1. The van der Waals surface area contributed by atoms with Gasteiger partial charge in [0.25, 0.3) is 0 Å². The van der Waals surface area contributed by atoms with E-state index >= 15 is 0 Å². The van der Waals surface area contributed by atoms with Gasteiger partial charge in [0.2, 0.25) is 0 Å². The number of aromatic nitrogens is 1. The van der Waals surface area contributed by atoms with Gasteiger partial charge < -0.3 is 5.32 Å². The molecule has 0 aliphatic carbocycles. The number of nitrogens with zero attached hydrogens (tertiary/aromatic N) is 2. The maximum atomic E-state index is 4.25. The zero-order chi connectivity index (χ0) is 16.1. The molecular weight excluding hydrogens is 286 g/mol. The quantitative estimate of drug-likeness (QED) is 0.712. The third-order valence-electron chi connectivity index (χ3n) is 5.28. The van der Waals surface area contributed by atoms with Gasteiger partial charge in [-0.3, -0.25) is 15.3 Å². The van der Waals surface area contributed by atoms with Gasteiger partial charge >= 0.3 is 0 Å². The maximum Gasteiger partial charge on any atom is 0.0530 e. The number of hydrogen-bond acceptors (Lipinski definition) is 5. The lowest BCUT2D eigenvalue weighted by Gasteiger charge is -2.31. The van der Waals surface area contributed by atoms with Gasteiger partial charge in [0.15, 0.2) is 0 Å².